The van der Waals surface area contributed by atoms with Crippen LogP contribution in [0.5, 0.6) is 11.5 Å². The number of halogens is 1. The number of ether oxygens (including phenoxy) is 4. The molecule has 0 saturated carbocycles. The summed E-state index contributed by atoms with van der Waals surface area (Å²) in [6.45, 7) is 13.3. The van der Waals surface area contributed by atoms with Crippen molar-refractivity contribution in [1.82, 2.24) is 0 Å². The summed E-state index contributed by atoms with van der Waals surface area (Å²) in [6.07, 6.45) is 2.91. The van der Waals surface area contributed by atoms with Crippen molar-refractivity contribution in [2.45, 2.75) is 85.9 Å². The summed E-state index contributed by atoms with van der Waals surface area (Å²) >= 11 is 3.44. The normalized spacial score (nSPS) is 15.2. The van der Waals surface area contributed by atoms with Crippen LogP contribution in [-0.4, -0.2) is 83.6 Å². The second kappa shape index (κ2) is 20.6. The van der Waals surface area contributed by atoms with E-state index in [0.717, 1.165) is 63.9 Å². The van der Waals surface area contributed by atoms with E-state index in [1.165, 1.54) is 34.0 Å². The number of hydrogen-bond donors (Lipinski definition) is 0. The van der Waals surface area contributed by atoms with Crippen LogP contribution in [0.25, 0.3) is 11.1 Å². The third-order valence-corrected chi connectivity index (χ3v) is 11.7. The van der Waals surface area contributed by atoms with Crippen LogP contribution in [0.4, 0.5) is 11.4 Å². The highest BCUT2D eigenvalue weighted by Gasteiger charge is 2.51. The van der Waals surface area contributed by atoms with Gasteiger partial charge >= 0.3 is 19.1 Å². The molecule has 7 rings (SSSR count). The molecule has 0 radical (unpaired) electrons. The van der Waals surface area contributed by atoms with Gasteiger partial charge in [-0.05, 0) is 123 Å². The Kier molecular flexibility index (Phi) is 16.4. The van der Waals surface area contributed by atoms with Crippen molar-refractivity contribution < 1.29 is 47.4 Å². The highest BCUT2D eigenvalue weighted by molar-refractivity contribution is 9.10. The zero-order valence-corrected chi connectivity index (χ0v) is 37.7. The van der Waals surface area contributed by atoms with Crippen molar-refractivity contribution in [2.75, 3.05) is 51.3 Å². The molecular formula is C47H58BBrN2O10. The lowest BCUT2D eigenvalue weighted by molar-refractivity contribution is -0.119. The summed E-state index contributed by atoms with van der Waals surface area (Å²) in [6, 6.07) is 22.8. The molecule has 3 aliphatic rings. The van der Waals surface area contributed by atoms with Crippen molar-refractivity contribution in [3.63, 3.8) is 0 Å². The third-order valence-electron chi connectivity index (χ3n) is 11.2. The van der Waals surface area contributed by atoms with E-state index in [9.17, 15) is 19.2 Å². The van der Waals surface area contributed by atoms with Crippen molar-refractivity contribution in [2.24, 2.45) is 0 Å². The van der Waals surface area contributed by atoms with Crippen LogP contribution in [0.3, 0.4) is 0 Å². The number of methoxy groups -OCH3 is 4. The summed E-state index contributed by atoms with van der Waals surface area (Å²) in [5.41, 5.74) is 7.24. The standard InChI is InChI=1S/C20H21NO4.C15H21BO5.C11H12BrNO.CH4/c1-4-19(22)21-10-9-15-11-13(6-8-17(15)21)14-5-7-16(20(23)25-3)18(12-14)24-2;1-14(2)15(3,4)21-16(20-14)10-7-8-11(13(17)19-6)12(9-10)18-5;1-2-11(14)13-6-5-8-7-9(12)3-4-10(8)13;/h5-8,11-12H,4,9-10H2,1-3H3;7-9H,1-6H3;3-4,7H,2,5-6H2,1H3;1H4. The van der Waals surface area contributed by atoms with E-state index in [1.54, 1.807) is 24.3 Å². The summed E-state index contributed by atoms with van der Waals surface area (Å²) in [5, 5.41) is 0. The number of benzene rings is 4. The highest BCUT2D eigenvalue weighted by atomic mass is 79.9. The molecule has 0 bridgehead atoms. The van der Waals surface area contributed by atoms with Crippen LogP contribution in [0.2, 0.25) is 0 Å². The molecule has 0 spiro atoms. The fraction of sp³-hybridized carbons (Fsp3) is 0.404. The molecule has 14 heteroatoms. The van der Waals surface area contributed by atoms with Crippen molar-refractivity contribution in [3.05, 3.63) is 99.5 Å². The molecule has 1 fully saturated rings. The van der Waals surface area contributed by atoms with E-state index < -0.39 is 30.3 Å². The molecule has 4 aromatic carbocycles. The van der Waals surface area contributed by atoms with Gasteiger partial charge in [0.2, 0.25) is 11.8 Å². The quantitative estimate of drug-likeness (QED) is 0.125. The Morgan fingerprint density at radius 3 is 1.57 bits per heavy atom. The number of rotatable bonds is 8. The van der Waals surface area contributed by atoms with Crippen molar-refractivity contribution in [1.29, 1.82) is 0 Å². The van der Waals surface area contributed by atoms with Gasteiger partial charge in [0, 0.05) is 41.8 Å². The molecule has 326 valence electrons. The second-order valence-corrected chi connectivity index (χ2v) is 16.3. The number of nitrogens with zero attached hydrogens (tertiary/aromatic N) is 2. The molecular weight excluding hydrogens is 843 g/mol. The highest BCUT2D eigenvalue weighted by Crippen LogP contribution is 2.38. The van der Waals surface area contributed by atoms with E-state index in [2.05, 4.69) is 28.1 Å². The number of anilines is 2. The van der Waals surface area contributed by atoms with Crippen LogP contribution >= 0.6 is 15.9 Å². The lowest BCUT2D eigenvalue weighted by Crippen LogP contribution is -2.41. The zero-order chi connectivity index (χ0) is 43.9. The van der Waals surface area contributed by atoms with E-state index >= 15 is 0 Å². The number of fused-ring (bicyclic) bond motifs is 2. The van der Waals surface area contributed by atoms with Gasteiger partial charge in [-0.1, -0.05) is 55.4 Å². The predicted octanol–water partition coefficient (Wildman–Crippen LogP) is 8.61. The van der Waals surface area contributed by atoms with Crippen LogP contribution in [0.15, 0.2) is 77.3 Å². The van der Waals surface area contributed by atoms with Gasteiger partial charge in [0.15, 0.2) is 0 Å². The number of hydrogen-bond acceptors (Lipinski definition) is 10. The summed E-state index contributed by atoms with van der Waals surface area (Å²) < 4.78 is 33.1. The number of amides is 2. The zero-order valence-electron chi connectivity index (χ0n) is 36.1. The maximum Gasteiger partial charge on any atom is 0.494 e. The number of carbonyl (C=O) groups excluding carboxylic acids is 4. The van der Waals surface area contributed by atoms with Crippen LogP contribution < -0.4 is 24.7 Å². The Morgan fingerprint density at radius 2 is 1.08 bits per heavy atom. The lowest BCUT2D eigenvalue weighted by Gasteiger charge is -2.32. The molecule has 4 aromatic rings. The first kappa shape index (κ1) is 48.5. The van der Waals surface area contributed by atoms with Gasteiger partial charge < -0.3 is 38.1 Å². The molecule has 0 unspecified atom stereocenters. The van der Waals surface area contributed by atoms with Gasteiger partial charge in [-0.15, -0.1) is 0 Å². The molecule has 61 heavy (non-hydrogen) atoms. The van der Waals surface area contributed by atoms with E-state index in [1.807, 2.05) is 87.7 Å². The minimum absolute atomic E-state index is 0. The fourth-order valence-corrected chi connectivity index (χ4v) is 7.52. The van der Waals surface area contributed by atoms with Gasteiger partial charge in [-0.3, -0.25) is 9.59 Å². The molecule has 3 aliphatic heterocycles. The Hall–Kier alpha value is -5.18. The van der Waals surface area contributed by atoms with E-state index in [4.69, 9.17) is 28.3 Å². The summed E-state index contributed by atoms with van der Waals surface area (Å²) in [5.74, 6) is 0.418. The first-order valence-electron chi connectivity index (χ1n) is 19.9. The number of esters is 2. The Balaban J connectivity index is 0.000000207. The smallest absolute Gasteiger partial charge is 0.494 e. The summed E-state index contributed by atoms with van der Waals surface area (Å²) in [7, 11) is 5.23. The SMILES string of the molecule is C.CCC(=O)N1CCc2cc(-c3ccc(C(=O)OC)c(OC)c3)ccc21.CCC(=O)N1CCc2cc(Br)ccc21.COC(=O)c1ccc(B2OC(C)(C)C(C)(C)O2)cc1OC. The first-order valence-corrected chi connectivity index (χ1v) is 20.7. The molecule has 0 N–H and O–H groups in total. The Bertz CT molecular complexity index is 2230. The minimum atomic E-state index is -0.490. The molecule has 2 amide bonds. The van der Waals surface area contributed by atoms with Gasteiger partial charge in [0.1, 0.15) is 22.6 Å². The van der Waals surface area contributed by atoms with Crippen molar-refractivity contribution >= 4 is 63.6 Å². The van der Waals surface area contributed by atoms with Gasteiger partial charge in [-0.25, -0.2) is 9.59 Å². The van der Waals surface area contributed by atoms with Gasteiger partial charge in [0.25, 0.3) is 0 Å². The fourth-order valence-electron chi connectivity index (χ4n) is 7.11. The Labute approximate surface area is 369 Å². The van der Waals surface area contributed by atoms with Crippen LogP contribution in [0.1, 0.15) is 93.7 Å². The molecule has 0 atom stereocenters. The van der Waals surface area contributed by atoms with Crippen LogP contribution in [-0.2, 0) is 41.2 Å². The molecule has 3 heterocycles. The minimum Gasteiger partial charge on any atom is -0.496 e. The second-order valence-electron chi connectivity index (χ2n) is 15.4. The van der Waals surface area contributed by atoms with E-state index in [0.29, 0.717) is 35.5 Å². The first-order chi connectivity index (χ1) is 28.5. The molecule has 0 aromatic heterocycles. The summed E-state index contributed by atoms with van der Waals surface area (Å²) in [4.78, 5) is 50.8. The van der Waals surface area contributed by atoms with Gasteiger partial charge in [0.05, 0.1) is 39.6 Å². The average molecular weight is 902 g/mol. The topological polar surface area (TPSA) is 130 Å². The average Bonchev–Trinajstić information content (AvgIpc) is 3.94. The van der Waals surface area contributed by atoms with Gasteiger partial charge in [-0.2, -0.15) is 0 Å². The Morgan fingerprint density at radius 1 is 0.639 bits per heavy atom. The molecule has 12 nitrogen and oxygen atoms in total. The predicted molar refractivity (Wildman–Crippen MR) is 243 cm³/mol. The maximum absolute atomic E-state index is 12.0. The number of carbonyl (C=O) groups is 4. The lowest BCUT2D eigenvalue weighted by atomic mass is 9.78. The van der Waals surface area contributed by atoms with Crippen LogP contribution in [0, 0.1) is 0 Å². The largest absolute Gasteiger partial charge is 0.496 e. The molecule has 0 aliphatic carbocycles. The molecule has 1 saturated heterocycles. The van der Waals surface area contributed by atoms with E-state index in [-0.39, 0.29) is 19.2 Å². The monoisotopic (exact) mass is 900 g/mol. The third kappa shape index (κ3) is 10.7. The van der Waals surface area contributed by atoms with Crippen molar-refractivity contribution in [3.8, 4) is 22.6 Å². The maximum atomic E-state index is 12.0.